The molecule has 0 aliphatic carbocycles. The van der Waals surface area contributed by atoms with E-state index in [0.29, 0.717) is 17.1 Å². The average Bonchev–Trinajstić information content (AvgIpc) is 3.29. The molecule has 0 amide bonds. The van der Waals surface area contributed by atoms with Crippen molar-refractivity contribution in [1.29, 1.82) is 0 Å². The Kier molecular flexibility index (Phi) is 4.44. The Morgan fingerprint density at radius 2 is 2.12 bits per heavy atom. The Labute approximate surface area is 158 Å². The lowest BCUT2D eigenvalue weighted by molar-refractivity contribution is 0.0593. The van der Waals surface area contributed by atoms with Gasteiger partial charge in [0, 0.05) is 23.9 Å². The molecule has 7 heteroatoms. The zero-order chi connectivity index (χ0) is 18.1. The van der Waals surface area contributed by atoms with Crippen LogP contribution in [-0.4, -0.2) is 27.7 Å². The van der Waals surface area contributed by atoms with Crippen LogP contribution in [0.15, 0.2) is 54.0 Å². The summed E-state index contributed by atoms with van der Waals surface area (Å²) in [6, 6.07) is 13.2. The molecular weight excluding hydrogens is 370 g/mol. The molecule has 0 atom stereocenters. The monoisotopic (exact) mass is 383 g/mol. The minimum atomic E-state index is -0.447. The highest BCUT2D eigenvalue weighted by molar-refractivity contribution is 7.13. The fourth-order valence-electron chi connectivity index (χ4n) is 2.84. The predicted molar refractivity (Wildman–Crippen MR) is 102 cm³/mol. The van der Waals surface area contributed by atoms with Gasteiger partial charge < -0.3 is 4.74 Å². The van der Waals surface area contributed by atoms with Crippen molar-refractivity contribution >= 4 is 34.4 Å². The van der Waals surface area contributed by atoms with E-state index in [2.05, 4.69) is 4.98 Å². The Morgan fingerprint density at radius 3 is 2.88 bits per heavy atom. The molecule has 4 aromatic heterocycles. The maximum Gasteiger partial charge on any atom is 0.356 e. The van der Waals surface area contributed by atoms with E-state index in [9.17, 15) is 4.79 Å². The van der Waals surface area contributed by atoms with Gasteiger partial charge in [0.05, 0.1) is 22.5 Å². The molecule has 26 heavy (non-hydrogen) atoms. The van der Waals surface area contributed by atoms with E-state index >= 15 is 0 Å². The summed E-state index contributed by atoms with van der Waals surface area (Å²) in [6.07, 6.45) is 2.33. The van der Waals surface area contributed by atoms with Crippen LogP contribution in [-0.2, 0) is 11.2 Å². The number of methoxy groups -OCH3 is 1. The first-order chi connectivity index (χ1) is 12.7. The molecule has 4 heterocycles. The third-order valence-electron chi connectivity index (χ3n) is 4.01. The van der Waals surface area contributed by atoms with Crippen LogP contribution in [0, 0.1) is 0 Å². The van der Waals surface area contributed by atoms with Gasteiger partial charge in [-0.3, -0.25) is 0 Å². The van der Waals surface area contributed by atoms with Gasteiger partial charge in [-0.05, 0) is 35.7 Å². The average molecular weight is 384 g/mol. The SMILES string of the molecule is COC(=O)c1cccc(Cc2c(-c3cccs3)nn3cc(Cl)ccc23)n1. The number of carbonyl (C=O) groups is 1. The Hall–Kier alpha value is -2.70. The van der Waals surface area contributed by atoms with Gasteiger partial charge in [-0.15, -0.1) is 11.3 Å². The second-order valence-electron chi connectivity index (χ2n) is 5.66. The van der Waals surface area contributed by atoms with Crippen molar-refractivity contribution in [1.82, 2.24) is 14.6 Å². The number of carbonyl (C=O) groups excluding carboxylic acids is 1. The van der Waals surface area contributed by atoms with E-state index < -0.39 is 5.97 Å². The second-order valence-corrected chi connectivity index (χ2v) is 7.05. The molecule has 0 bridgehead atoms. The van der Waals surface area contributed by atoms with Crippen molar-refractivity contribution in [3.63, 3.8) is 0 Å². The second kappa shape index (κ2) is 6.90. The van der Waals surface area contributed by atoms with Gasteiger partial charge in [0.25, 0.3) is 0 Å². The van der Waals surface area contributed by atoms with Gasteiger partial charge in [0.1, 0.15) is 11.4 Å². The van der Waals surface area contributed by atoms with Crippen LogP contribution < -0.4 is 0 Å². The van der Waals surface area contributed by atoms with Gasteiger partial charge >= 0.3 is 5.97 Å². The predicted octanol–water partition coefficient (Wildman–Crippen LogP) is 4.49. The van der Waals surface area contributed by atoms with Crippen LogP contribution in [0.4, 0.5) is 0 Å². The number of hydrogen-bond acceptors (Lipinski definition) is 5. The fourth-order valence-corrected chi connectivity index (χ4v) is 3.73. The van der Waals surface area contributed by atoms with Crippen molar-refractivity contribution in [2.45, 2.75) is 6.42 Å². The molecule has 4 aromatic rings. The standard InChI is InChI=1S/C19H14ClN3O2S/c1-25-19(24)15-5-2-4-13(21-15)10-14-16-8-7-12(20)11-23(16)22-18(14)17-6-3-9-26-17/h2-9,11H,10H2,1H3. The van der Waals surface area contributed by atoms with Gasteiger partial charge in [0.15, 0.2) is 0 Å². The topological polar surface area (TPSA) is 56.5 Å². The summed E-state index contributed by atoms with van der Waals surface area (Å²) in [5.74, 6) is -0.447. The molecular formula is C19H14ClN3O2S. The first kappa shape index (κ1) is 16.8. The maximum atomic E-state index is 11.8. The minimum Gasteiger partial charge on any atom is -0.464 e. The molecule has 0 fully saturated rings. The quantitative estimate of drug-likeness (QED) is 0.487. The number of thiophene rings is 1. The molecule has 0 aromatic carbocycles. The van der Waals surface area contributed by atoms with E-state index in [4.69, 9.17) is 21.4 Å². The van der Waals surface area contributed by atoms with E-state index in [1.807, 2.05) is 41.8 Å². The summed E-state index contributed by atoms with van der Waals surface area (Å²) in [7, 11) is 1.35. The first-order valence-electron chi connectivity index (χ1n) is 7.90. The molecule has 0 spiro atoms. The van der Waals surface area contributed by atoms with Gasteiger partial charge in [0.2, 0.25) is 0 Å². The lowest BCUT2D eigenvalue weighted by Crippen LogP contribution is -2.06. The Bertz CT molecular complexity index is 1090. The third kappa shape index (κ3) is 3.09. The molecule has 0 radical (unpaired) electrons. The van der Waals surface area contributed by atoms with Crippen LogP contribution in [0.25, 0.3) is 16.1 Å². The van der Waals surface area contributed by atoms with Gasteiger partial charge in [-0.1, -0.05) is 23.7 Å². The molecule has 130 valence electrons. The lowest BCUT2D eigenvalue weighted by Gasteiger charge is -2.04. The number of rotatable bonds is 4. The molecule has 0 saturated heterocycles. The molecule has 0 unspecified atom stereocenters. The number of nitrogens with zero attached hydrogens (tertiary/aromatic N) is 3. The summed E-state index contributed by atoms with van der Waals surface area (Å²) in [6.45, 7) is 0. The number of halogens is 1. The minimum absolute atomic E-state index is 0.294. The van der Waals surface area contributed by atoms with Crippen molar-refractivity contribution in [2.24, 2.45) is 0 Å². The third-order valence-corrected chi connectivity index (χ3v) is 5.11. The lowest BCUT2D eigenvalue weighted by atomic mass is 10.1. The van der Waals surface area contributed by atoms with Crippen LogP contribution in [0.1, 0.15) is 21.7 Å². The number of aromatic nitrogens is 3. The van der Waals surface area contributed by atoms with Gasteiger partial charge in [-0.2, -0.15) is 5.10 Å². The molecule has 4 rings (SSSR count). The number of fused-ring (bicyclic) bond motifs is 1. The van der Waals surface area contributed by atoms with Crippen LogP contribution in [0.3, 0.4) is 0 Å². The van der Waals surface area contributed by atoms with Crippen molar-refractivity contribution < 1.29 is 9.53 Å². The largest absolute Gasteiger partial charge is 0.464 e. The summed E-state index contributed by atoms with van der Waals surface area (Å²) in [4.78, 5) is 17.3. The molecule has 5 nitrogen and oxygen atoms in total. The Balaban J connectivity index is 1.83. The van der Waals surface area contributed by atoms with Crippen molar-refractivity contribution in [2.75, 3.05) is 7.11 Å². The maximum absolute atomic E-state index is 11.8. The zero-order valence-electron chi connectivity index (χ0n) is 13.8. The highest BCUT2D eigenvalue weighted by Crippen LogP contribution is 2.31. The zero-order valence-corrected chi connectivity index (χ0v) is 15.4. The van der Waals surface area contributed by atoms with Crippen LogP contribution in [0.5, 0.6) is 0 Å². The molecule has 0 saturated carbocycles. The molecule has 0 aliphatic heterocycles. The van der Waals surface area contributed by atoms with Crippen LogP contribution >= 0.6 is 22.9 Å². The summed E-state index contributed by atoms with van der Waals surface area (Å²) >= 11 is 7.74. The fraction of sp³-hybridized carbons (Fsp3) is 0.105. The van der Waals surface area contributed by atoms with E-state index in [0.717, 1.165) is 27.3 Å². The smallest absolute Gasteiger partial charge is 0.356 e. The first-order valence-corrected chi connectivity index (χ1v) is 9.16. The highest BCUT2D eigenvalue weighted by atomic mass is 35.5. The number of ether oxygens (including phenoxy) is 1. The number of esters is 1. The summed E-state index contributed by atoms with van der Waals surface area (Å²) in [5, 5.41) is 7.35. The van der Waals surface area contributed by atoms with Crippen molar-refractivity contribution in [3.05, 3.63) is 76.0 Å². The van der Waals surface area contributed by atoms with Crippen LogP contribution in [0.2, 0.25) is 5.02 Å². The number of pyridine rings is 2. The summed E-state index contributed by atoms with van der Waals surface area (Å²) in [5.41, 5.74) is 3.96. The van der Waals surface area contributed by atoms with E-state index in [1.54, 1.807) is 28.1 Å². The van der Waals surface area contributed by atoms with Gasteiger partial charge in [-0.25, -0.2) is 14.3 Å². The highest BCUT2D eigenvalue weighted by Gasteiger charge is 2.17. The Morgan fingerprint density at radius 1 is 1.23 bits per heavy atom. The van der Waals surface area contributed by atoms with Crippen molar-refractivity contribution in [3.8, 4) is 10.6 Å². The van der Waals surface area contributed by atoms with E-state index in [1.165, 1.54) is 7.11 Å². The molecule has 0 N–H and O–H groups in total. The number of hydrogen-bond donors (Lipinski definition) is 0. The molecule has 0 aliphatic rings. The van der Waals surface area contributed by atoms with E-state index in [-0.39, 0.29) is 0 Å². The summed E-state index contributed by atoms with van der Waals surface area (Å²) < 4.78 is 6.55. The normalized spacial score (nSPS) is 11.0.